The predicted octanol–water partition coefficient (Wildman–Crippen LogP) is 0.621. The Bertz CT molecular complexity index is 369. The van der Waals surface area contributed by atoms with Gasteiger partial charge in [0.1, 0.15) is 5.54 Å². The van der Waals surface area contributed by atoms with Gasteiger partial charge in [0.2, 0.25) is 5.89 Å². The van der Waals surface area contributed by atoms with Gasteiger partial charge in [-0.05, 0) is 14.0 Å². The maximum absolute atomic E-state index is 11.5. The molecule has 0 aromatic carbocycles. The first-order valence-electron chi connectivity index (χ1n) is 4.72. The van der Waals surface area contributed by atoms with Crippen LogP contribution in [0.1, 0.15) is 12.8 Å². The first kappa shape index (κ1) is 13.0. The van der Waals surface area contributed by atoms with Gasteiger partial charge in [-0.3, -0.25) is 4.79 Å². The summed E-state index contributed by atoms with van der Waals surface area (Å²) in [5.41, 5.74) is -0.762. The van der Waals surface area contributed by atoms with Crippen LogP contribution in [0, 0.1) is 6.92 Å². The number of nitrogens with one attached hydrogen (secondary N) is 1. The lowest BCUT2D eigenvalue weighted by molar-refractivity contribution is -0.146. The molecule has 1 heterocycles. The molecule has 0 radical (unpaired) electrons. The van der Waals surface area contributed by atoms with Crippen LogP contribution in [0.25, 0.3) is 0 Å². The Hall–Kier alpha value is -1.08. The molecule has 0 amide bonds. The van der Waals surface area contributed by atoms with Gasteiger partial charge < -0.3 is 14.5 Å². The minimum Gasteiger partial charge on any atom is -0.468 e. The third-order valence-corrected chi connectivity index (χ3v) is 3.31. The van der Waals surface area contributed by atoms with Gasteiger partial charge in [0.25, 0.3) is 5.22 Å². The molecule has 1 N–H and O–H groups in total. The second-order valence-electron chi connectivity index (χ2n) is 3.45. The lowest BCUT2D eigenvalue weighted by Gasteiger charge is -2.24. The number of hydrogen-bond acceptors (Lipinski definition) is 7. The molecule has 0 fully saturated rings. The van der Waals surface area contributed by atoms with E-state index in [-0.39, 0.29) is 5.97 Å². The molecule has 0 spiro atoms. The number of rotatable bonds is 5. The van der Waals surface area contributed by atoms with Crippen molar-refractivity contribution < 1.29 is 13.9 Å². The van der Waals surface area contributed by atoms with Crippen molar-refractivity contribution in [1.29, 1.82) is 0 Å². The van der Waals surface area contributed by atoms with Crippen LogP contribution in [-0.2, 0) is 9.53 Å². The molecule has 0 saturated heterocycles. The van der Waals surface area contributed by atoms with Crippen molar-refractivity contribution in [3.63, 3.8) is 0 Å². The van der Waals surface area contributed by atoms with Crippen LogP contribution in [0.4, 0.5) is 0 Å². The number of aryl methyl sites for hydroxylation is 1. The van der Waals surface area contributed by atoms with E-state index in [4.69, 9.17) is 9.15 Å². The Morgan fingerprint density at radius 2 is 2.31 bits per heavy atom. The van der Waals surface area contributed by atoms with Gasteiger partial charge in [-0.25, -0.2) is 0 Å². The second kappa shape index (κ2) is 5.31. The van der Waals surface area contributed by atoms with Crippen LogP contribution in [-0.4, -0.2) is 41.6 Å². The number of nitrogens with zero attached hydrogens (tertiary/aromatic N) is 2. The number of ether oxygens (including phenoxy) is 1. The fourth-order valence-electron chi connectivity index (χ4n) is 1.00. The smallest absolute Gasteiger partial charge is 0.326 e. The van der Waals surface area contributed by atoms with Crippen LogP contribution in [0.15, 0.2) is 9.64 Å². The van der Waals surface area contributed by atoms with Crippen molar-refractivity contribution in [2.75, 3.05) is 19.9 Å². The van der Waals surface area contributed by atoms with Crippen molar-refractivity contribution in [3.8, 4) is 0 Å². The van der Waals surface area contributed by atoms with Crippen LogP contribution in [0.3, 0.4) is 0 Å². The van der Waals surface area contributed by atoms with Crippen molar-refractivity contribution in [3.05, 3.63) is 5.89 Å². The number of carbonyl (C=O) groups is 1. The van der Waals surface area contributed by atoms with Gasteiger partial charge in [-0.15, -0.1) is 10.2 Å². The van der Waals surface area contributed by atoms with E-state index in [1.54, 1.807) is 20.9 Å². The topological polar surface area (TPSA) is 77.3 Å². The monoisotopic (exact) mass is 245 g/mol. The van der Waals surface area contributed by atoms with E-state index in [2.05, 4.69) is 15.5 Å². The highest BCUT2D eigenvalue weighted by Crippen LogP contribution is 2.21. The summed E-state index contributed by atoms with van der Waals surface area (Å²) in [6.07, 6.45) is 0. The van der Waals surface area contributed by atoms with E-state index in [0.717, 1.165) is 0 Å². The molecule has 1 rings (SSSR count). The van der Waals surface area contributed by atoms with Gasteiger partial charge in [-0.2, -0.15) is 0 Å². The molecular formula is C9H15N3O3S. The zero-order valence-corrected chi connectivity index (χ0v) is 10.6. The number of esters is 1. The molecule has 1 aromatic rings. The van der Waals surface area contributed by atoms with Gasteiger partial charge in [0.05, 0.1) is 7.11 Å². The maximum Gasteiger partial charge on any atom is 0.326 e. The quantitative estimate of drug-likeness (QED) is 0.602. The average Bonchev–Trinajstić information content (AvgIpc) is 2.71. The van der Waals surface area contributed by atoms with Crippen LogP contribution < -0.4 is 5.32 Å². The summed E-state index contributed by atoms with van der Waals surface area (Å²) in [6.45, 7) is 3.48. The third-order valence-electron chi connectivity index (χ3n) is 2.18. The minimum absolute atomic E-state index is 0.321. The molecule has 0 bridgehead atoms. The van der Waals surface area contributed by atoms with Crippen LogP contribution in [0.5, 0.6) is 0 Å². The van der Waals surface area contributed by atoms with Gasteiger partial charge >= 0.3 is 5.97 Å². The van der Waals surface area contributed by atoms with Gasteiger partial charge in [0, 0.05) is 12.7 Å². The molecule has 6 nitrogen and oxygen atoms in total. The number of hydrogen-bond donors (Lipinski definition) is 1. The van der Waals surface area contributed by atoms with Crippen molar-refractivity contribution in [2.45, 2.75) is 24.6 Å². The molecule has 0 aliphatic rings. The molecule has 0 aliphatic carbocycles. The van der Waals surface area contributed by atoms with E-state index in [0.29, 0.717) is 16.9 Å². The number of thioether (sulfide) groups is 1. The van der Waals surface area contributed by atoms with Gasteiger partial charge in [-0.1, -0.05) is 11.8 Å². The van der Waals surface area contributed by atoms with Crippen molar-refractivity contribution >= 4 is 17.7 Å². The predicted molar refractivity (Wildman–Crippen MR) is 59.2 cm³/mol. The first-order chi connectivity index (χ1) is 7.51. The molecule has 7 heteroatoms. The number of aromatic nitrogens is 2. The summed E-state index contributed by atoms with van der Waals surface area (Å²) in [6, 6.07) is 0. The van der Waals surface area contributed by atoms with E-state index in [1.807, 2.05) is 0 Å². The van der Waals surface area contributed by atoms with Crippen molar-refractivity contribution in [2.24, 2.45) is 0 Å². The largest absolute Gasteiger partial charge is 0.468 e. The Morgan fingerprint density at radius 3 is 2.75 bits per heavy atom. The lowest BCUT2D eigenvalue weighted by Crippen LogP contribution is -2.50. The van der Waals surface area contributed by atoms with E-state index < -0.39 is 5.54 Å². The summed E-state index contributed by atoms with van der Waals surface area (Å²) in [4.78, 5) is 11.5. The highest BCUT2D eigenvalue weighted by atomic mass is 32.2. The van der Waals surface area contributed by atoms with Crippen LogP contribution in [0.2, 0.25) is 0 Å². The fraction of sp³-hybridized carbons (Fsp3) is 0.667. The second-order valence-corrected chi connectivity index (χ2v) is 4.38. The average molecular weight is 245 g/mol. The zero-order chi connectivity index (χ0) is 12.2. The minimum atomic E-state index is -0.762. The molecule has 90 valence electrons. The highest BCUT2D eigenvalue weighted by molar-refractivity contribution is 7.99. The highest BCUT2D eigenvalue weighted by Gasteiger charge is 2.33. The molecule has 0 saturated carbocycles. The SMILES string of the molecule is CNC(C)(CSc1nnc(C)o1)C(=O)OC. The first-order valence-corrected chi connectivity index (χ1v) is 5.70. The maximum atomic E-state index is 11.5. The van der Waals surface area contributed by atoms with Crippen molar-refractivity contribution in [1.82, 2.24) is 15.5 Å². The molecular weight excluding hydrogens is 230 g/mol. The molecule has 16 heavy (non-hydrogen) atoms. The number of likely N-dealkylation sites (N-methyl/N-ethyl adjacent to an activating group) is 1. The Morgan fingerprint density at radius 1 is 1.62 bits per heavy atom. The van der Waals surface area contributed by atoms with E-state index in [9.17, 15) is 4.79 Å². The zero-order valence-electron chi connectivity index (χ0n) is 9.73. The number of carbonyl (C=O) groups excluding carboxylic acids is 1. The summed E-state index contributed by atoms with van der Waals surface area (Å²) in [5.74, 6) is 0.642. The molecule has 1 unspecified atom stereocenters. The summed E-state index contributed by atoms with van der Waals surface area (Å²) in [5, 5.41) is 10.9. The Balaban J connectivity index is 2.61. The van der Waals surface area contributed by atoms with Crippen LogP contribution >= 0.6 is 11.8 Å². The van der Waals surface area contributed by atoms with Gasteiger partial charge in [0.15, 0.2) is 0 Å². The van der Waals surface area contributed by atoms with E-state index >= 15 is 0 Å². The number of methoxy groups -OCH3 is 1. The van der Waals surface area contributed by atoms with E-state index in [1.165, 1.54) is 18.9 Å². The standard InChI is InChI=1S/C9H15N3O3S/c1-6-11-12-8(15-6)16-5-9(2,10-3)7(13)14-4/h10H,5H2,1-4H3. The lowest BCUT2D eigenvalue weighted by atomic mass is 10.1. The summed E-state index contributed by atoms with van der Waals surface area (Å²) >= 11 is 1.31. The Kier molecular flexibility index (Phi) is 4.31. The normalized spacial score (nSPS) is 14.5. The summed E-state index contributed by atoms with van der Waals surface area (Å²) < 4.78 is 9.92. The molecule has 1 aromatic heterocycles. The molecule has 0 aliphatic heterocycles. The fourth-order valence-corrected chi connectivity index (χ4v) is 1.95. The molecule has 1 atom stereocenters. The summed E-state index contributed by atoms with van der Waals surface area (Å²) in [7, 11) is 3.07. The Labute approximate surface area is 98.1 Å². The third kappa shape index (κ3) is 2.96.